The second kappa shape index (κ2) is 5.57. The molecule has 2 aromatic rings. The van der Waals surface area contributed by atoms with E-state index in [0.29, 0.717) is 6.04 Å². The van der Waals surface area contributed by atoms with E-state index in [1.165, 1.54) is 30.5 Å². The summed E-state index contributed by atoms with van der Waals surface area (Å²) in [6.45, 7) is 2.35. The van der Waals surface area contributed by atoms with E-state index < -0.39 is 0 Å². The predicted molar refractivity (Wildman–Crippen MR) is 76.9 cm³/mol. The minimum Gasteiger partial charge on any atom is -0.296 e. The molecule has 1 aromatic heterocycles. The van der Waals surface area contributed by atoms with Gasteiger partial charge in [-0.1, -0.05) is 30.3 Å². The van der Waals surface area contributed by atoms with Gasteiger partial charge in [0.05, 0.1) is 6.20 Å². The Kier molecular flexibility index (Phi) is 3.65. The van der Waals surface area contributed by atoms with Gasteiger partial charge in [0.25, 0.3) is 0 Å². The lowest BCUT2D eigenvalue weighted by Crippen LogP contribution is -2.25. The third-order valence-corrected chi connectivity index (χ3v) is 3.99. The molecule has 3 nitrogen and oxygen atoms in total. The Morgan fingerprint density at radius 2 is 2.11 bits per heavy atom. The zero-order valence-corrected chi connectivity index (χ0v) is 11.5. The lowest BCUT2D eigenvalue weighted by atomic mass is 10.0. The molecule has 19 heavy (non-hydrogen) atoms. The summed E-state index contributed by atoms with van der Waals surface area (Å²) in [4.78, 5) is 2.61. The van der Waals surface area contributed by atoms with Gasteiger partial charge >= 0.3 is 0 Å². The number of hydrogen-bond acceptors (Lipinski definition) is 2. The molecule has 0 bridgehead atoms. The van der Waals surface area contributed by atoms with Gasteiger partial charge in [-0.15, -0.1) is 0 Å². The third kappa shape index (κ3) is 2.87. The normalized spacial score (nSPS) is 19.9. The van der Waals surface area contributed by atoms with Crippen LogP contribution in [0.2, 0.25) is 0 Å². The predicted octanol–water partition coefficient (Wildman–Crippen LogP) is 2.80. The molecular weight excluding hydrogens is 234 g/mol. The maximum atomic E-state index is 4.24. The van der Waals surface area contributed by atoms with Gasteiger partial charge in [-0.25, -0.2) is 0 Å². The molecule has 0 N–H and O–H groups in total. The SMILES string of the molecule is Cn1cc(CCN2CCC[C@@H]2c2ccccc2)cn1. The van der Waals surface area contributed by atoms with Gasteiger partial charge in [0.1, 0.15) is 0 Å². The summed E-state index contributed by atoms with van der Waals surface area (Å²) < 4.78 is 1.88. The van der Waals surface area contributed by atoms with Crippen molar-refractivity contribution in [1.82, 2.24) is 14.7 Å². The summed E-state index contributed by atoms with van der Waals surface area (Å²) in [7, 11) is 1.98. The van der Waals surface area contributed by atoms with Gasteiger partial charge in [0.2, 0.25) is 0 Å². The highest BCUT2D eigenvalue weighted by atomic mass is 15.2. The summed E-state index contributed by atoms with van der Waals surface area (Å²) >= 11 is 0. The number of nitrogens with zero attached hydrogens (tertiary/aromatic N) is 3. The summed E-state index contributed by atoms with van der Waals surface area (Å²) in [6.07, 6.45) is 7.79. The van der Waals surface area contributed by atoms with E-state index in [2.05, 4.69) is 46.5 Å². The number of benzene rings is 1. The number of aryl methyl sites for hydroxylation is 1. The first-order chi connectivity index (χ1) is 9.33. The number of likely N-dealkylation sites (tertiary alicyclic amines) is 1. The first-order valence-corrected chi connectivity index (χ1v) is 7.09. The van der Waals surface area contributed by atoms with Crippen LogP contribution < -0.4 is 0 Å². The standard InChI is InChI=1S/C16H21N3/c1-18-13-14(12-17-18)9-11-19-10-5-8-16(19)15-6-3-2-4-7-15/h2-4,6-7,12-13,16H,5,8-11H2,1H3/t16-/m1/s1. The minimum atomic E-state index is 0.609. The molecule has 1 aliphatic rings. The Balaban J connectivity index is 1.64. The zero-order chi connectivity index (χ0) is 13.1. The Morgan fingerprint density at radius 1 is 1.26 bits per heavy atom. The molecule has 3 rings (SSSR count). The summed E-state index contributed by atoms with van der Waals surface area (Å²) in [5.74, 6) is 0. The highest BCUT2D eigenvalue weighted by molar-refractivity contribution is 5.20. The largest absolute Gasteiger partial charge is 0.296 e. The van der Waals surface area contributed by atoms with E-state index in [9.17, 15) is 0 Å². The topological polar surface area (TPSA) is 21.1 Å². The second-order valence-electron chi connectivity index (χ2n) is 5.38. The molecular formula is C16H21N3. The van der Waals surface area contributed by atoms with Crippen LogP contribution in [0.4, 0.5) is 0 Å². The van der Waals surface area contributed by atoms with Gasteiger partial charge in [-0.05, 0) is 36.9 Å². The van der Waals surface area contributed by atoms with E-state index in [-0.39, 0.29) is 0 Å². The Morgan fingerprint density at radius 3 is 2.84 bits per heavy atom. The van der Waals surface area contributed by atoms with Crippen LogP contribution in [0, 0.1) is 0 Å². The van der Waals surface area contributed by atoms with Crippen molar-refractivity contribution in [2.24, 2.45) is 7.05 Å². The Hall–Kier alpha value is -1.61. The van der Waals surface area contributed by atoms with Crippen LogP contribution in [0.3, 0.4) is 0 Å². The van der Waals surface area contributed by atoms with E-state index in [0.717, 1.165) is 13.0 Å². The summed E-state index contributed by atoms with van der Waals surface area (Å²) in [6, 6.07) is 11.5. The minimum absolute atomic E-state index is 0.609. The van der Waals surface area contributed by atoms with E-state index in [1.807, 2.05) is 17.9 Å². The lowest BCUT2D eigenvalue weighted by molar-refractivity contribution is 0.260. The van der Waals surface area contributed by atoms with Crippen molar-refractivity contribution in [3.63, 3.8) is 0 Å². The molecule has 0 unspecified atom stereocenters. The van der Waals surface area contributed by atoms with Crippen molar-refractivity contribution in [1.29, 1.82) is 0 Å². The summed E-state index contributed by atoms with van der Waals surface area (Å²) in [5.41, 5.74) is 2.80. The quantitative estimate of drug-likeness (QED) is 0.837. The van der Waals surface area contributed by atoms with Crippen molar-refractivity contribution in [2.45, 2.75) is 25.3 Å². The van der Waals surface area contributed by atoms with Crippen molar-refractivity contribution in [3.05, 3.63) is 53.9 Å². The first-order valence-electron chi connectivity index (χ1n) is 7.09. The Bertz CT molecular complexity index is 518. The molecule has 1 atom stereocenters. The fraction of sp³-hybridized carbons (Fsp3) is 0.438. The van der Waals surface area contributed by atoms with Gasteiger partial charge in [-0.3, -0.25) is 9.58 Å². The van der Waals surface area contributed by atoms with Gasteiger partial charge in [0.15, 0.2) is 0 Å². The van der Waals surface area contributed by atoms with Crippen LogP contribution in [0.5, 0.6) is 0 Å². The molecule has 100 valence electrons. The van der Waals surface area contributed by atoms with E-state index in [1.54, 1.807) is 0 Å². The van der Waals surface area contributed by atoms with Crippen LogP contribution >= 0.6 is 0 Å². The number of hydrogen-bond donors (Lipinski definition) is 0. The molecule has 1 fully saturated rings. The summed E-state index contributed by atoms with van der Waals surface area (Å²) in [5, 5.41) is 4.24. The lowest BCUT2D eigenvalue weighted by Gasteiger charge is -2.24. The Labute approximate surface area is 114 Å². The van der Waals surface area contributed by atoms with Gasteiger partial charge < -0.3 is 0 Å². The molecule has 0 saturated carbocycles. The van der Waals surface area contributed by atoms with Gasteiger partial charge in [-0.2, -0.15) is 5.10 Å². The molecule has 0 amide bonds. The van der Waals surface area contributed by atoms with Crippen molar-refractivity contribution < 1.29 is 0 Å². The average Bonchev–Trinajstić information content (AvgIpc) is 3.06. The monoisotopic (exact) mass is 255 g/mol. The molecule has 1 aliphatic heterocycles. The fourth-order valence-corrected chi connectivity index (χ4v) is 3.02. The second-order valence-corrected chi connectivity index (χ2v) is 5.38. The molecule has 2 heterocycles. The van der Waals surface area contributed by atoms with E-state index in [4.69, 9.17) is 0 Å². The smallest absolute Gasteiger partial charge is 0.0522 e. The first kappa shape index (κ1) is 12.4. The molecule has 0 aliphatic carbocycles. The van der Waals surface area contributed by atoms with Crippen molar-refractivity contribution in [3.8, 4) is 0 Å². The fourth-order valence-electron chi connectivity index (χ4n) is 3.02. The molecule has 0 spiro atoms. The average molecular weight is 255 g/mol. The zero-order valence-electron chi connectivity index (χ0n) is 11.5. The maximum absolute atomic E-state index is 4.24. The van der Waals surface area contributed by atoms with Crippen molar-refractivity contribution >= 4 is 0 Å². The molecule has 1 saturated heterocycles. The van der Waals surface area contributed by atoms with Crippen LogP contribution in [0.15, 0.2) is 42.7 Å². The van der Waals surface area contributed by atoms with Crippen LogP contribution in [-0.4, -0.2) is 27.8 Å². The molecule has 1 aromatic carbocycles. The third-order valence-electron chi connectivity index (χ3n) is 3.99. The molecule has 0 radical (unpaired) electrons. The van der Waals surface area contributed by atoms with Crippen LogP contribution in [0.1, 0.15) is 30.0 Å². The number of rotatable bonds is 4. The van der Waals surface area contributed by atoms with Crippen LogP contribution in [0.25, 0.3) is 0 Å². The highest BCUT2D eigenvalue weighted by Gasteiger charge is 2.25. The molecule has 3 heteroatoms. The van der Waals surface area contributed by atoms with Gasteiger partial charge in [0, 0.05) is 25.8 Å². The van der Waals surface area contributed by atoms with E-state index >= 15 is 0 Å². The van der Waals surface area contributed by atoms with Crippen LogP contribution in [-0.2, 0) is 13.5 Å². The highest BCUT2D eigenvalue weighted by Crippen LogP contribution is 2.31. The van der Waals surface area contributed by atoms with Crippen molar-refractivity contribution in [2.75, 3.05) is 13.1 Å². The maximum Gasteiger partial charge on any atom is 0.0522 e. The number of aromatic nitrogens is 2.